The minimum atomic E-state index is -3.08. The highest BCUT2D eigenvalue weighted by Crippen LogP contribution is 2.19. The summed E-state index contributed by atoms with van der Waals surface area (Å²) in [5.41, 5.74) is 1.39. The van der Waals surface area contributed by atoms with Crippen LogP contribution in [-0.2, 0) is 14.6 Å². The fourth-order valence-electron chi connectivity index (χ4n) is 3.26. The Morgan fingerprint density at radius 3 is 2.46 bits per heavy atom. The van der Waals surface area contributed by atoms with E-state index in [-0.39, 0.29) is 35.3 Å². The Kier molecular flexibility index (Phi) is 6.44. The van der Waals surface area contributed by atoms with Gasteiger partial charge in [-0.1, -0.05) is 32.0 Å². The maximum atomic E-state index is 12.9. The lowest BCUT2D eigenvalue weighted by Crippen LogP contribution is -2.51. The van der Waals surface area contributed by atoms with Crippen molar-refractivity contribution in [3.63, 3.8) is 0 Å². The highest BCUT2D eigenvalue weighted by molar-refractivity contribution is 7.91. The molecule has 1 heterocycles. The van der Waals surface area contributed by atoms with Gasteiger partial charge in [-0.2, -0.15) is 0 Å². The minimum absolute atomic E-state index is 0.00458. The molecule has 0 bridgehead atoms. The van der Waals surface area contributed by atoms with Crippen molar-refractivity contribution >= 4 is 21.7 Å². The summed E-state index contributed by atoms with van der Waals surface area (Å²) in [6, 6.07) is 6.24. The molecule has 2 atom stereocenters. The molecule has 1 N–H and O–H groups in total. The van der Waals surface area contributed by atoms with Gasteiger partial charge >= 0.3 is 0 Å². The third-order valence-electron chi connectivity index (χ3n) is 4.80. The van der Waals surface area contributed by atoms with E-state index in [9.17, 15) is 18.0 Å². The Labute approximate surface area is 155 Å². The van der Waals surface area contributed by atoms with Crippen molar-refractivity contribution < 1.29 is 18.0 Å². The number of carbonyl (C=O) groups excluding carboxylic acids is 2. The zero-order valence-corrected chi connectivity index (χ0v) is 16.7. The van der Waals surface area contributed by atoms with Crippen LogP contribution in [0.15, 0.2) is 24.3 Å². The fourth-order valence-corrected chi connectivity index (χ4v) is 5.04. The Bertz CT molecular complexity index is 773. The summed E-state index contributed by atoms with van der Waals surface area (Å²) >= 11 is 0. The van der Waals surface area contributed by atoms with Gasteiger partial charge in [0.25, 0.3) is 5.91 Å². The van der Waals surface area contributed by atoms with E-state index in [0.29, 0.717) is 18.4 Å². The van der Waals surface area contributed by atoms with Crippen molar-refractivity contribution in [1.82, 2.24) is 10.2 Å². The third kappa shape index (κ3) is 5.06. The molecule has 0 radical (unpaired) electrons. The standard InChI is InChI=1S/C19H28N2O4S/c1-13(2)11-17(20-18(22)16-8-6-5-7-14(16)3)19(23)21(4)15-9-10-26(24,25)12-15/h5-8,13,15,17H,9-12H2,1-4H3,(H,20,22). The van der Waals surface area contributed by atoms with E-state index in [1.54, 1.807) is 19.2 Å². The van der Waals surface area contributed by atoms with Crippen LogP contribution in [0.1, 0.15) is 42.6 Å². The van der Waals surface area contributed by atoms with Gasteiger partial charge in [0.05, 0.1) is 11.5 Å². The fraction of sp³-hybridized carbons (Fsp3) is 0.579. The first-order valence-corrected chi connectivity index (χ1v) is 10.8. The summed E-state index contributed by atoms with van der Waals surface area (Å²) in [5, 5.41) is 2.85. The van der Waals surface area contributed by atoms with Crippen LogP contribution in [0, 0.1) is 12.8 Å². The predicted octanol–water partition coefficient (Wildman–Crippen LogP) is 1.79. The predicted molar refractivity (Wildman–Crippen MR) is 102 cm³/mol. The van der Waals surface area contributed by atoms with Crippen molar-refractivity contribution in [2.45, 2.75) is 45.7 Å². The Morgan fingerprint density at radius 2 is 1.92 bits per heavy atom. The van der Waals surface area contributed by atoms with Crippen molar-refractivity contribution in [3.8, 4) is 0 Å². The molecule has 0 saturated carbocycles. The Balaban J connectivity index is 2.14. The van der Waals surface area contributed by atoms with Crippen LogP contribution in [0.4, 0.5) is 0 Å². The zero-order valence-electron chi connectivity index (χ0n) is 15.9. The number of carbonyl (C=O) groups is 2. The molecule has 2 amide bonds. The Hall–Kier alpha value is -1.89. The molecular weight excluding hydrogens is 352 g/mol. The molecule has 6 nitrogen and oxygen atoms in total. The molecule has 1 saturated heterocycles. The molecule has 2 unspecified atom stereocenters. The van der Waals surface area contributed by atoms with E-state index in [1.807, 2.05) is 32.9 Å². The van der Waals surface area contributed by atoms with Crippen LogP contribution < -0.4 is 5.32 Å². The summed E-state index contributed by atoms with van der Waals surface area (Å²) in [6.07, 6.45) is 0.949. The summed E-state index contributed by atoms with van der Waals surface area (Å²) in [4.78, 5) is 27.1. The van der Waals surface area contributed by atoms with Crippen LogP contribution in [0.25, 0.3) is 0 Å². The van der Waals surface area contributed by atoms with Crippen molar-refractivity contribution in [2.24, 2.45) is 5.92 Å². The quantitative estimate of drug-likeness (QED) is 0.815. The number of hydrogen-bond acceptors (Lipinski definition) is 4. The number of aryl methyl sites for hydroxylation is 1. The van der Waals surface area contributed by atoms with Crippen LogP contribution in [0.2, 0.25) is 0 Å². The van der Waals surface area contributed by atoms with E-state index < -0.39 is 15.9 Å². The molecule has 26 heavy (non-hydrogen) atoms. The molecular formula is C19H28N2O4S. The minimum Gasteiger partial charge on any atom is -0.340 e. The molecule has 0 aromatic heterocycles. The summed E-state index contributed by atoms with van der Waals surface area (Å²) < 4.78 is 23.4. The third-order valence-corrected chi connectivity index (χ3v) is 6.55. The lowest BCUT2D eigenvalue weighted by molar-refractivity contribution is -0.134. The van der Waals surface area contributed by atoms with Gasteiger partial charge in [0.2, 0.25) is 5.91 Å². The van der Waals surface area contributed by atoms with Gasteiger partial charge in [-0.15, -0.1) is 0 Å². The number of amides is 2. The van der Waals surface area contributed by atoms with Gasteiger partial charge in [0.15, 0.2) is 9.84 Å². The van der Waals surface area contributed by atoms with E-state index in [1.165, 1.54) is 4.90 Å². The van der Waals surface area contributed by atoms with E-state index in [0.717, 1.165) is 5.56 Å². The highest BCUT2D eigenvalue weighted by Gasteiger charge is 2.35. The number of nitrogens with one attached hydrogen (secondary N) is 1. The second-order valence-corrected chi connectivity index (χ2v) is 9.71. The molecule has 0 aliphatic carbocycles. The van der Waals surface area contributed by atoms with Crippen LogP contribution in [-0.4, -0.2) is 55.8 Å². The molecule has 7 heteroatoms. The summed E-state index contributed by atoms with van der Waals surface area (Å²) in [5.74, 6) is -0.200. The zero-order chi connectivity index (χ0) is 19.5. The average molecular weight is 381 g/mol. The first-order chi connectivity index (χ1) is 12.1. The molecule has 1 aromatic rings. The lowest BCUT2D eigenvalue weighted by Gasteiger charge is -2.29. The molecule has 1 aromatic carbocycles. The maximum absolute atomic E-state index is 12.9. The van der Waals surface area contributed by atoms with Crippen LogP contribution in [0.3, 0.4) is 0 Å². The first kappa shape index (κ1) is 20.4. The molecule has 1 aliphatic heterocycles. The molecule has 144 valence electrons. The SMILES string of the molecule is Cc1ccccc1C(=O)NC(CC(C)C)C(=O)N(C)C1CCS(=O)(=O)C1. The van der Waals surface area contributed by atoms with E-state index >= 15 is 0 Å². The molecule has 2 rings (SSSR count). The molecule has 1 aliphatic rings. The lowest BCUT2D eigenvalue weighted by atomic mass is 10.0. The van der Waals surface area contributed by atoms with Crippen LogP contribution >= 0.6 is 0 Å². The molecule has 0 spiro atoms. The number of benzene rings is 1. The monoisotopic (exact) mass is 380 g/mol. The smallest absolute Gasteiger partial charge is 0.252 e. The topological polar surface area (TPSA) is 83.6 Å². The highest BCUT2D eigenvalue weighted by atomic mass is 32.2. The number of sulfone groups is 1. The summed E-state index contributed by atoms with van der Waals surface area (Å²) in [6.45, 7) is 5.82. The Morgan fingerprint density at radius 1 is 1.27 bits per heavy atom. The maximum Gasteiger partial charge on any atom is 0.252 e. The van der Waals surface area contributed by atoms with Gasteiger partial charge in [0, 0.05) is 18.7 Å². The van der Waals surface area contributed by atoms with E-state index in [2.05, 4.69) is 5.32 Å². The van der Waals surface area contributed by atoms with Gasteiger partial charge in [-0.3, -0.25) is 9.59 Å². The number of likely N-dealkylation sites (N-methyl/N-ethyl adjacent to an activating group) is 1. The van der Waals surface area contributed by atoms with Gasteiger partial charge in [-0.05, 0) is 37.3 Å². The largest absolute Gasteiger partial charge is 0.340 e. The normalized spacial score (nSPS) is 20.0. The first-order valence-electron chi connectivity index (χ1n) is 8.94. The van der Waals surface area contributed by atoms with E-state index in [4.69, 9.17) is 0 Å². The summed E-state index contributed by atoms with van der Waals surface area (Å²) in [7, 11) is -1.45. The average Bonchev–Trinajstić information content (AvgIpc) is 2.92. The second-order valence-electron chi connectivity index (χ2n) is 7.48. The van der Waals surface area contributed by atoms with Crippen molar-refractivity contribution in [1.29, 1.82) is 0 Å². The number of hydrogen-bond donors (Lipinski definition) is 1. The van der Waals surface area contributed by atoms with Crippen LogP contribution in [0.5, 0.6) is 0 Å². The number of rotatable bonds is 6. The van der Waals surface area contributed by atoms with Gasteiger partial charge in [0.1, 0.15) is 6.04 Å². The van der Waals surface area contributed by atoms with Crippen molar-refractivity contribution in [2.75, 3.05) is 18.6 Å². The number of nitrogens with zero attached hydrogens (tertiary/aromatic N) is 1. The van der Waals surface area contributed by atoms with Crippen molar-refractivity contribution in [3.05, 3.63) is 35.4 Å². The van der Waals surface area contributed by atoms with Gasteiger partial charge in [-0.25, -0.2) is 8.42 Å². The molecule has 1 fully saturated rings. The second kappa shape index (κ2) is 8.20. The van der Waals surface area contributed by atoms with Gasteiger partial charge < -0.3 is 10.2 Å².